The van der Waals surface area contributed by atoms with Crippen LogP contribution in [0.3, 0.4) is 0 Å². The quantitative estimate of drug-likeness (QED) is 0.799. The first-order valence-corrected chi connectivity index (χ1v) is 5.50. The maximum absolute atomic E-state index is 11.3. The lowest BCUT2D eigenvalue weighted by molar-refractivity contribution is -0.133. The third-order valence-electron chi connectivity index (χ3n) is 1.81. The van der Waals surface area contributed by atoms with Crippen molar-refractivity contribution < 1.29 is 9.90 Å². The molecule has 0 aromatic carbocycles. The lowest BCUT2D eigenvalue weighted by Crippen LogP contribution is -2.12. The molecule has 2 N–H and O–H groups in total. The number of halogens is 1. The lowest BCUT2D eigenvalue weighted by Gasteiger charge is -2.05. The van der Waals surface area contributed by atoms with Crippen molar-refractivity contribution >= 4 is 29.3 Å². The van der Waals surface area contributed by atoms with E-state index < -0.39 is 11.5 Å². The molecule has 1 heterocycles. The molecule has 1 aromatic rings. The summed E-state index contributed by atoms with van der Waals surface area (Å²) in [5, 5.41) is 17.6. The van der Waals surface area contributed by atoms with Crippen molar-refractivity contribution in [1.82, 2.24) is 4.98 Å². The van der Waals surface area contributed by atoms with E-state index >= 15 is 0 Å². The van der Waals surface area contributed by atoms with E-state index in [4.69, 9.17) is 22.0 Å². The van der Waals surface area contributed by atoms with Crippen molar-refractivity contribution in [2.24, 2.45) is 0 Å². The number of thioether (sulfide) groups is 1. The molecule has 0 fully saturated rings. The summed E-state index contributed by atoms with van der Waals surface area (Å²) in [6.07, 6.45) is 0. The number of carboxylic acid groups (broad SMARTS) is 1. The first kappa shape index (κ1) is 12.6. The summed E-state index contributed by atoms with van der Waals surface area (Å²) in [6.45, 7) is 1.54. The molecule has 0 amide bonds. The maximum atomic E-state index is 11.3. The molecule has 0 radical (unpaired) electrons. The number of aromatic nitrogens is 1. The highest BCUT2D eigenvalue weighted by atomic mass is 35.5. The molecular formula is C9H7ClN2O3S. The molecule has 0 aliphatic heterocycles. The van der Waals surface area contributed by atoms with Crippen molar-refractivity contribution in [2.45, 2.75) is 11.9 Å². The molecule has 0 saturated carbocycles. The van der Waals surface area contributed by atoms with Crippen molar-refractivity contribution in [3.05, 3.63) is 26.5 Å². The molecule has 0 unspecified atom stereocenters. The summed E-state index contributed by atoms with van der Waals surface area (Å²) in [7, 11) is 0. The van der Waals surface area contributed by atoms with Crippen LogP contribution >= 0.6 is 23.4 Å². The van der Waals surface area contributed by atoms with Crippen LogP contribution in [0.4, 0.5) is 0 Å². The number of rotatable bonds is 3. The smallest absolute Gasteiger partial charge is 0.313 e. The minimum Gasteiger partial charge on any atom is -0.481 e. The normalized spacial score (nSPS) is 9.81. The van der Waals surface area contributed by atoms with Gasteiger partial charge in [-0.25, -0.2) is 0 Å². The molecule has 0 aliphatic rings. The number of hydrogen-bond acceptors (Lipinski definition) is 4. The first-order valence-electron chi connectivity index (χ1n) is 4.14. The Kier molecular flexibility index (Phi) is 3.99. The lowest BCUT2D eigenvalue weighted by atomic mass is 10.2. The molecule has 7 heteroatoms. The Balaban J connectivity index is 3.24. The Bertz CT molecular complexity index is 533. The first-order chi connectivity index (χ1) is 7.47. The van der Waals surface area contributed by atoms with Gasteiger partial charge >= 0.3 is 5.97 Å². The summed E-state index contributed by atoms with van der Waals surface area (Å²) >= 11 is 6.56. The third kappa shape index (κ3) is 2.56. The monoisotopic (exact) mass is 258 g/mol. The van der Waals surface area contributed by atoms with Crippen molar-refractivity contribution in [3.63, 3.8) is 0 Å². The van der Waals surface area contributed by atoms with E-state index in [-0.39, 0.29) is 21.4 Å². The number of carbonyl (C=O) groups is 1. The van der Waals surface area contributed by atoms with Gasteiger partial charge < -0.3 is 10.1 Å². The number of hydrogen-bond donors (Lipinski definition) is 2. The van der Waals surface area contributed by atoms with Gasteiger partial charge in [0.15, 0.2) is 0 Å². The molecule has 1 aromatic heterocycles. The molecule has 0 atom stereocenters. The number of H-pyrrole nitrogens is 1. The zero-order valence-corrected chi connectivity index (χ0v) is 9.78. The minimum absolute atomic E-state index is 0.0452. The van der Waals surface area contributed by atoms with Crippen LogP contribution in [0.1, 0.15) is 11.1 Å². The summed E-state index contributed by atoms with van der Waals surface area (Å²) in [5.74, 6) is -1.26. The number of aromatic amines is 1. The van der Waals surface area contributed by atoms with Gasteiger partial charge in [0.25, 0.3) is 5.56 Å². The Morgan fingerprint density at radius 3 is 2.81 bits per heavy atom. The van der Waals surface area contributed by atoms with Crippen molar-refractivity contribution in [2.75, 3.05) is 5.75 Å². The van der Waals surface area contributed by atoms with Gasteiger partial charge in [-0.15, -0.1) is 0 Å². The number of pyridine rings is 1. The predicted octanol–water partition coefficient (Wildman–Crippen LogP) is 1.39. The van der Waals surface area contributed by atoms with Crippen LogP contribution in [0.15, 0.2) is 9.82 Å². The number of aliphatic carboxylic acids is 1. The Hall–Kier alpha value is -1.45. The van der Waals surface area contributed by atoms with E-state index in [0.29, 0.717) is 5.56 Å². The Morgan fingerprint density at radius 1 is 1.69 bits per heavy atom. The highest BCUT2D eigenvalue weighted by Gasteiger charge is 2.14. The van der Waals surface area contributed by atoms with Gasteiger partial charge in [0.1, 0.15) is 11.1 Å². The van der Waals surface area contributed by atoms with Crippen LogP contribution in [0.25, 0.3) is 0 Å². The van der Waals surface area contributed by atoms with Crippen LogP contribution in [-0.2, 0) is 4.79 Å². The topological polar surface area (TPSA) is 93.9 Å². The summed E-state index contributed by atoms with van der Waals surface area (Å²) in [6, 6.07) is 1.89. The van der Waals surface area contributed by atoms with E-state index in [1.54, 1.807) is 6.92 Å². The fraction of sp³-hybridized carbons (Fsp3) is 0.222. The molecule has 16 heavy (non-hydrogen) atoms. The van der Waals surface area contributed by atoms with E-state index in [9.17, 15) is 9.59 Å². The third-order valence-corrected chi connectivity index (χ3v) is 3.25. The summed E-state index contributed by atoms with van der Waals surface area (Å²) < 4.78 is 0. The van der Waals surface area contributed by atoms with E-state index in [0.717, 1.165) is 11.8 Å². The van der Waals surface area contributed by atoms with Gasteiger partial charge in [-0.2, -0.15) is 5.26 Å². The van der Waals surface area contributed by atoms with E-state index in [2.05, 4.69) is 4.98 Å². The average molecular weight is 259 g/mol. The zero-order valence-electron chi connectivity index (χ0n) is 8.20. The average Bonchev–Trinajstić information content (AvgIpc) is 2.23. The predicted molar refractivity (Wildman–Crippen MR) is 59.9 cm³/mol. The summed E-state index contributed by atoms with van der Waals surface area (Å²) in [5.41, 5.74) is 0.0442. The van der Waals surface area contributed by atoms with Gasteiger partial charge in [-0.05, 0) is 12.5 Å². The van der Waals surface area contributed by atoms with Crippen LogP contribution in [-0.4, -0.2) is 21.8 Å². The minimum atomic E-state index is -1.03. The van der Waals surface area contributed by atoms with Crippen LogP contribution in [0.2, 0.25) is 5.02 Å². The van der Waals surface area contributed by atoms with Crippen LogP contribution in [0, 0.1) is 18.3 Å². The fourth-order valence-corrected chi connectivity index (χ4v) is 1.97. The van der Waals surface area contributed by atoms with Crippen LogP contribution < -0.4 is 5.56 Å². The molecular weight excluding hydrogens is 252 g/mol. The molecule has 0 bridgehead atoms. The number of nitrogens with zero attached hydrogens (tertiary/aromatic N) is 1. The largest absolute Gasteiger partial charge is 0.481 e. The standard InChI is InChI=1S/C9H7ClN2O3S/c1-4-5(2-11)9(16-3-6(13)14)12-8(15)7(4)10/h3H2,1H3,(H,12,15)(H,13,14). The fourth-order valence-electron chi connectivity index (χ4n) is 1.05. The van der Waals surface area contributed by atoms with Gasteiger partial charge in [0.05, 0.1) is 16.3 Å². The Morgan fingerprint density at radius 2 is 2.31 bits per heavy atom. The molecule has 0 saturated heterocycles. The highest BCUT2D eigenvalue weighted by Crippen LogP contribution is 2.24. The maximum Gasteiger partial charge on any atom is 0.313 e. The SMILES string of the molecule is Cc1c(C#N)c(SCC(=O)O)[nH]c(=O)c1Cl. The molecule has 5 nitrogen and oxygen atoms in total. The zero-order chi connectivity index (χ0) is 12.3. The Labute approximate surface area is 100 Å². The summed E-state index contributed by atoms with van der Waals surface area (Å²) in [4.78, 5) is 24.1. The van der Waals surface area contributed by atoms with Gasteiger partial charge in [0.2, 0.25) is 0 Å². The second-order valence-corrected chi connectivity index (χ2v) is 4.26. The number of carboxylic acids is 1. The van der Waals surface area contributed by atoms with Crippen molar-refractivity contribution in [1.29, 1.82) is 5.26 Å². The molecule has 0 aliphatic carbocycles. The number of nitriles is 1. The molecule has 84 valence electrons. The second-order valence-electron chi connectivity index (χ2n) is 2.89. The van der Waals surface area contributed by atoms with Crippen molar-refractivity contribution in [3.8, 4) is 6.07 Å². The number of nitrogens with one attached hydrogen (secondary N) is 1. The molecule has 1 rings (SSSR count). The van der Waals surface area contributed by atoms with E-state index in [1.165, 1.54) is 0 Å². The van der Waals surface area contributed by atoms with Gasteiger partial charge in [-0.3, -0.25) is 9.59 Å². The molecule has 0 spiro atoms. The van der Waals surface area contributed by atoms with Gasteiger partial charge in [0, 0.05) is 0 Å². The second kappa shape index (κ2) is 5.05. The van der Waals surface area contributed by atoms with Gasteiger partial charge in [-0.1, -0.05) is 23.4 Å². The van der Waals surface area contributed by atoms with Crippen LogP contribution in [0.5, 0.6) is 0 Å². The highest BCUT2D eigenvalue weighted by molar-refractivity contribution is 7.99. The van der Waals surface area contributed by atoms with E-state index in [1.807, 2.05) is 6.07 Å².